The maximum atomic E-state index is 11.7. The molecular weight excluding hydrogens is 226 g/mol. The number of hydrogen-bond donors (Lipinski definition) is 0. The van der Waals surface area contributed by atoms with Crippen molar-refractivity contribution in [1.82, 2.24) is 14.2 Å². The summed E-state index contributed by atoms with van der Waals surface area (Å²) >= 11 is 0. The molecule has 0 aromatic carbocycles. The number of aromatic nitrogens is 2. The molecule has 0 bridgehead atoms. The summed E-state index contributed by atoms with van der Waals surface area (Å²) in [6, 6.07) is 1.25. The maximum absolute atomic E-state index is 11.7. The van der Waals surface area contributed by atoms with E-state index in [0.717, 1.165) is 11.0 Å². The molecular formula is C10H13N3O4. The van der Waals surface area contributed by atoms with Crippen molar-refractivity contribution in [1.29, 1.82) is 0 Å². The lowest BCUT2D eigenvalue weighted by atomic mass is 10.4. The third-order valence-electron chi connectivity index (χ3n) is 2.60. The number of carbonyl (C=O) groups excluding carboxylic acids is 1. The van der Waals surface area contributed by atoms with Gasteiger partial charge < -0.3 is 0 Å². The summed E-state index contributed by atoms with van der Waals surface area (Å²) in [4.78, 5) is 39.6. The third kappa shape index (κ3) is 2.28. The zero-order chi connectivity index (χ0) is 12.4. The fourth-order valence-electron chi connectivity index (χ4n) is 1.61. The zero-order valence-corrected chi connectivity index (χ0v) is 9.46. The van der Waals surface area contributed by atoms with Gasteiger partial charge in [0.25, 0.3) is 11.5 Å². The highest BCUT2D eigenvalue weighted by Crippen LogP contribution is 2.04. The fraction of sp³-hybridized carbons (Fsp3) is 0.500. The Morgan fingerprint density at radius 3 is 2.88 bits per heavy atom. The predicted molar refractivity (Wildman–Crippen MR) is 58.2 cm³/mol. The number of rotatable bonds is 2. The first kappa shape index (κ1) is 11.6. The highest BCUT2D eigenvalue weighted by atomic mass is 16.7. The van der Waals surface area contributed by atoms with E-state index in [2.05, 4.69) is 0 Å². The summed E-state index contributed by atoms with van der Waals surface area (Å²) < 4.78 is 2.14. The molecule has 0 saturated carbocycles. The minimum absolute atomic E-state index is 0.118. The Morgan fingerprint density at radius 2 is 2.24 bits per heavy atom. The Labute approximate surface area is 96.8 Å². The summed E-state index contributed by atoms with van der Waals surface area (Å²) in [7, 11) is 1.37. The molecule has 1 fully saturated rings. The van der Waals surface area contributed by atoms with Gasteiger partial charge in [-0.05, 0) is 6.42 Å². The van der Waals surface area contributed by atoms with Crippen molar-refractivity contribution in [2.45, 2.75) is 13.0 Å². The smallest absolute Gasteiger partial charge is 0.291 e. The van der Waals surface area contributed by atoms with E-state index in [1.807, 2.05) is 0 Å². The molecule has 1 aromatic heterocycles. The minimum Gasteiger partial charge on any atom is -0.291 e. The van der Waals surface area contributed by atoms with Crippen LogP contribution in [0.2, 0.25) is 0 Å². The van der Waals surface area contributed by atoms with E-state index in [9.17, 15) is 14.4 Å². The molecule has 0 atom stereocenters. The van der Waals surface area contributed by atoms with E-state index in [1.54, 1.807) is 0 Å². The van der Waals surface area contributed by atoms with Crippen LogP contribution in [-0.2, 0) is 23.2 Å². The van der Waals surface area contributed by atoms with E-state index >= 15 is 0 Å². The highest BCUT2D eigenvalue weighted by molar-refractivity contribution is 5.75. The van der Waals surface area contributed by atoms with Gasteiger partial charge >= 0.3 is 5.69 Å². The average molecular weight is 239 g/mol. The maximum Gasteiger partial charge on any atom is 0.331 e. The van der Waals surface area contributed by atoms with Crippen LogP contribution in [0.1, 0.15) is 6.42 Å². The van der Waals surface area contributed by atoms with Crippen LogP contribution in [0.25, 0.3) is 0 Å². The largest absolute Gasteiger partial charge is 0.331 e. The second kappa shape index (κ2) is 4.54. The average Bonchev–Trinajstić information content (AvgIpc) is 2.83. The second-order valence-electron chi connectivity index (χ2n) is 3.81. The number of hydrogen-bond acceptors (Lipinski definition) is 4. The molecule has 1 saturated heterocycles. The Balaban J connectivity index is 2.19. The van der Waals surface area contributed by atoms with Gasteiger partial charge in [-0.25, -0.2) is 9.86 Å². The number of hydroxylamine groups is 2. The number of amides is 1. The normalized spacial score (nSPS) is 15.2. The standard InChI is InChI=1S/C10H13N3O4/c1-11-8(14)3-5-12(10(11)16)7-9(15)13-4-2-6-17-13/h3,5H,2,4,6-7H2,1H3. The first-order valence-electron chi connectivity index (χ1n) is 5.29. The summed E-state index contributed by atoms with van der Waals surface area (Å²) in [5, 5.41) is 1.25. The van der Waals surface area contributed by atoms with Crippen LogP contribution < -0.4 is 11.2 Å². The van der Waals surface area contributed by atoms with Crippen LogP contribution >= 0.6 is 0 Å². The third-order valence-corrected chi connectivity index (χ3v) is 2.60. The first-order valence-corrected chi connectivity index (χ1v) is 5.29. The van der Waals surface area contributed by atoms with Crippen molar-refractivity contribution in [2.75, 3.05) is 13.2 Å². The van der Waals surface area contributed by atoms with E-state index < -0.39 is 11.2 Å². The Kier molecular flexibility index (Phi) is 3.10. The quantitative estimate of drug-likeness (QED) is 0.643. The van der Waals surface area contributed by atoms with Crippen LogP contribution in [0.15, 0.2) is 21.9 Å². The van der Waals surface area contributed by atoms with Crippen molar-refractivity contribution in [3.8, 4) is 0 Å². The second-order valence-corrected chi connectivity index (χ2v) is 3.81. The summed E-state index contributed by atoms with van der Waals surface area (Å²) in [6.07, 6.45) is 2.12. The lowest BCUT2D eigenvalue weighted by molar-refractivity contribution is -0.169. The van der Waals surface area contributed by atoms with Gasteiger partial charge in [0.15, 0.2) is 0 Å². The molecule has 1 amide bonds. The molecule has 2 heterocycles. The van der Waals surface area contributed by atoms with Gasteiger partial charge in [-0.1, -0.05) is 0 Å². The van der Waals surface area contributed by atoms with Crippen molar-refractivity contribution < 1.29 is 9.63 Å². The first-order chi connectivity index (χ1) is 8.09. The molecule has 0 aliphatic carbocycles. The van der Waals surface area contributed by atoms with Crippen molar-refractivity contribution in [2.24, 2.45) is 7.05 Å². The van der Waals surface area contributed by atoms with Crippen molar-refractivity contribution in [3.63, 3.8) is 0 Å². The van der Waals surface area contributed by atoms with Crippen molar-refractivity contribution in [3.05, 3.63) is 33.1 Å². The molecule has 1 aromatic rings. The molecule has 92 valence electrons. The summed E-state index contributed by atoms with van der Waals surface area (Å²) in [5.41, 5.74) is -0.902. The lowest BCUT2D eigenvalue weighted by Crippen LogP contribution is -2.40. The van der Waals surface area contributed by atoms with Crippen LogP contribution in [0, 0.1) is 0 Å². The lowest BCUT2D eigenvalue weighted by Gasteiger charge is -2.14. The van der Waals surface area contributed by atoms with E-state index in [-0.39, 0.29) is 12.5 Å². The molecule has 0 unspecified atom stereocenters. The van der Waals surface area contributed by atoms with Gasteiger partial charge in [-0.2, -0.15) is 0 Å². The molecule has 17 heavy (non-hydrogen) atoms. The van der Waals surface area contributed by atoms with Crippen LogP contribution in [0.5, 0.6) is 0 Å². The summed E-state index contributed by atoms with van der Waals surface area (Å²) in [5.74, 6) is -0.289. The van der Waals surface area contributed by atoms with Crippen molar-refractivity contribution >= 4 is 5.91 Å². The van der Waals surface area contributed by atoms with Crippen LogP contribution in [0.4, 0.5) is 0 Å². The SMILES string of the molecule is Cn1c(=O)ccn(CC(=O)N2CCCO2)c1=O. The molecule has 0 spiro atoms. The van der Waals surface area contributed by atoms with E-state index in [1.165, 1.54) is 28.9 Å². The molecule has 2 rings (SSSR count). The van der Waals surface area contributed by atoms with Gasteiger partial charge in [0.1, 0.15) is 6.54 Å². The Morgan fingerprint density at radius 1 is 1.47 bits per heavy atom. The van der Waals surface area contributed by atoms with Gasteiger partial charge in [0.2, 0.25) is 0 Å². The summed E-state index contributed by atoms with van der Waals surface area (Å²) in [6.45, 7) is 0.945. The van der Waals surface area contributed by atoms with E-state index in [4.69, 9.17) is 4.84 Å². The molecule has 7 heteroatoms. The predicted octanol–water partition coefficient (Wildman–Crippen LogP) is -1.29. The molecule has 1 aliphatic rings. The molecule has 0 N–H and O–H groups in total. The number of nitrogens with zero attached hydrogens (tertiary/aromatic N) is 3. The van der Waals surface area contributed by atoms with Crippen LogP contribution in [0.3, 0.4) is 0 Å². The van der Waals surface area contributed by atoms with Gasteiger partial charge in [-0.3, -0.25) is 23.6 Å². The van der Waals surface area contributed by atoms with Gasteiger partial charge in [0.05, 0.1) is 13.2 Å². The zero-order valence-electron chi connectivity index (χ0n) is 9.46. The topological polar surface area (TPSA) is 73.5 Å². The molecule has 1 aliphatic heterocycles. The minimum atomic E-state index is -0.509. The van der Waals surface area contributed by atoms with Gasteiger partial charge in [-0.15, -0.1) is 0 Å². The Hall–Kier alpha value is -1.89. The highest BCUT2D eigenvalue weighted by Gasteiger charge is 2.19. The molecule has 7 nitrogen and oxygen atoms in total. The molecule has 0 radical (unpaired) electrons. The van der Waals surface area contributed by atoms with Crippen LogP contribution in [-0.4, -0.2) is 33.3 Å². The fourth-order valence-corrected chi connectivity index (χ4v) is 1.61. The Bertz CT molecular complexity index is 539. The monoisotopic (exact) mass is 239 g/mol. The van der Waals surface area contributed by atoms with E-state index in [0.29, 0.717) is 13.2 Å². The number of carbonyl (C=O) groups is 1. The van der Waals surface area contributed by atoms with Gasteiger partial charge in [0, 0.05) is 19.3 Å².